The van der Waals surface area contributed by atoms with Gasteiger partial charge < -0.3 is 19.7 Å². The average molecular weight is 564 g/mol. The van der Waals surface area contributed by atoms with E-state index in [0.29, 0.717) is 31.0 Å². The lowest BCUT2D eigenvalue weighted by atomic mass is 9.84. The molecule has 0 aliphatic carbocycles. The fourth-order valence-electron chi connectivity index (χ4n) is 6.57. The molecule has 8 nitrogen and oxygen atoms in total. The van der Waals surface area contributed by atoms with Crippen LogP contribution in [-0.2, 0) is 4.79 Å². The zero-order valence-corrected chi connectivity index (χ0v) is 24.6. The fourth-order valence-corrected chi connectivity index (χ4v) is 6.57. The Balaban J connectivity index is 1.17. The van der Waals surface area contributed by atoms with Gasteiger partial charge in [0, 0.05) is 42.3 Å². The Bertz CT molecular complexity index is 1590. The van der Waals surface area contributed by atoms with Gasteiger partial charge >= 0.3 is 0 Å². The first-order valence-corrected chi connectivity index (χ1v) is 14.7. The van der Waals surface area contributed by atoms with Gasteiger partial charge in [0.1, 0.15) is 17.4 Å². The molecule has 0 saturated carbocycles. The van der Waals surface area contributed by atoms with Crippen LogP contribution in [0.15, 0.2) is 79.0 Å². The molecule has 2 aromatic heterocycles. The summed E-state index contributed by atoms with van der Waals surface area (Å²) in [7, 11) is 0. The molecule has 6 rings (SSSR count). The van der Waals surface area contributed by atoms with Crippen LogP contribution < -0.4 is 0 Å². The summed E-state index contributed by atoms with van der Waals surface area (Å²) in [6, 6.07) is 22.5. The number of pyridine rings is 1. The number of nitrogens with zero attached hydrogens (tertiary/aromatic N) is 4. The van der Waals surface area contributed by atoms with Crippen LogP contribution >= 0.6 is 0 Å². The first-order valence-electron chi connectivity index (χ1n) is 14.7. The first-order chi connectivity index (χ1) is 20.2. The van der Waals surface area contributed by atoms with Crippen molar-refractivity contribution in [3.05, 3.63) is 90.4 Å². The molecule has 3 atom stereocenters. The van der Waals surface area contributed by atoms with Gasteiger partial charge in [-0.05, 0) is 42.5 Å². The number of para-hydroxylation sites is 1. The number of aromatic nitrogens is 2. The minimum absolute atomic E-state index is 0.0567. The Morgan fingerprint density at radius 1 is 0.929 bits per heavy atom. The van der Waals surface area contributed by atoms with Crippen LogP contribution in [0.2, 0.25) is 0 Å². The number of aromatic amines is 1. The highest BCUT2D eigenvalue weighted by Gasteiger charge is 2.51. The number of carbonyl (C=O) groups excluding carboxylic acids is 3. The molecule has 4 aromatic rings. The second-order valence-electron chi connectivity index (χ2n) is 12.4. The molecule has 2 bridgehead atoms. The molecule has 1 N–H and O–H groups in total. The zero-order valence-electron chi connectivity index (χ0n) is 24.6. The highest BCUT2D eigenvalue weighted by Crippen LogP contribution is 2.36. The molecule has 42 heavy (non-hydrogen) atoms. The maximum Gasteiger partial charge on any atom is 0.272 e. The molecule has 4 heterocycles. The summed E-state index contributed by atoms with van der Waals surface area (Å²) in [5.74, 6) is -0.349. The van der Waals surface area contributed by atoms with E-state index in [9.17, 15) is 14.4 Å². The standard InChI is InChI=1S/C34H37N5O3/c1-5-37(32(41)29-17-23-13-9-10-14-27(23)36-29)30(34(2,3)4)33(42)39-21-25-18-26(39)20-38(25)31(40)28-16-15-24(19-35-28)22-11-7-6-8-12-22/h6-17,19,25-26,30,36H,5,18,20-21H2,1-4H3/t25-,26-,30+/m0/s1. The number of H-pyrrole nitrogens is 1. The van der Waals surface area contributed by atoms with E-state index in [1.54, 1.807) is 17.2 Å². The maximum atomic E-state index is 14.2. The highest BCUT2D eigenvalue weighted by molar-refractivity contribution is 6.00. The summed E-state index contributed by atoms with van der Waals surface area (Å²) in [5, 5.41) is 0.960. The van der Waals surface area contributed by atoms with Crippen LogP contribution in [0.4, 0.5) is 0 Å². The number of hydrogen-bond donors (Lipinski definition) is 1. The second-order valence-corrected chi connectivity index (χ2v) is 12.4. The fraction of sp³-hybridized carbons (Fsp3) is 0.353. The molecule has 0 unspecified atom stereocenters. The third-order valence-electron chi connectivity index (χ3n) is 8.60. The summed E-state index contributed by atoms with van der Waals surface area (Å²) in [6.07, 6.45) is 2.47. The van der Waals surface area contributed by atoms with Crippen molar-refractivity contribution in [1.82, 2.24) is 24.7 Å². The van der Waals surface area contributed by atoms with Gasteiger partial charge in [0.15, 0.2) is 0 Å². The lowest BCUT2D eigenvalue weighted by Gasteiger charge is -2.43. The van der Waals surface area contributed by atoms with E-state index in [1.807, 2.05) is 104 Å². The van der Waals surface area contributed by atoms with Gasteiger partial charge in [0.2, 0.25) is 5.91 Å². The molecule has 0 radical (unpaired) electrons. The van der Waals surface area contributed by atoms with E-state index in [1.165, 1.54) is 0 Å². The molecule has 216 valence electrons. The zero-order chi connectivity index (χ0) is 29.6. The van der Waals surface area contributed by atoms with Gasteiger partial charge in [-0.15, -0.1) is 0 Å². The van der Waals surface area contributed by atoms with Gasteiger partial charge in [0.25, 0.3) is 11.8 Å². The molecule has 2 saturated heterocycles. The van der Waals surface area contributed by atoms with E-state index < -0.39 is 11.5 Å². The van der Waals surface area contributed by atoms with Crippen LogP contribution in [0.25, 0.3) is 22.0 Å². The lowest BCUT2D eigenvalue weighted by molar-refractivity contribution is -0.142. The van der Waals surface area contributed by atoms with E-state index in [2.05, 4.69) is 9.97 Å². The molecule has 8 heteroatoms. The molecule has 2 aromatic carbocycles. The van der Waals surface area contributed by atoms with Crippen molar-refractivity contribution < 1.29 is 14.4 Å². The summed E-state index contributed by atoms with van der Waals surface area (Å²) < 4.78 is 0. The summed E-state index contributed by atoms with van der Waals surface area (Å²) in [6.45, 7) is 9.26. The summed E-state index contributed by atoms with van der Waals surface area (Å²) in [5.41, 5.74) is 3.30. The van der Waals surface area contributed by atoms with E-state index in [4.69, 9.17) is 0 Å². The first kappa shape index (κ1) is 27.7. The molecule has 0 spiro atoms. The number of nitrogens with one attached hydrogen (secondary N) is 1. The molecule has 2 aliphatic rings. The Kier molecular flexibility index (Phi) is 7.09. The van der Waals surface area contributed by atoms with Crippen molar-refractivity contribution in [2.24, 2.45) is 5.41 Å². The minimum Gasteiger partial charge on any atom is -0.351 e. The number of fused-ring (bicyclic) bond motifs is 3. The van der Waals surface area contributed by atoms with Crippen LogP contribution in [-0.4, -0.2) is 80.1 Å². The van der Waals surface area contributed by atoms with Crippen molar-refractivity contribution in [2.45, 2.75) is 52.2 Å². The third-order valence-corrected chi connectivity index (χ3v) is 8.60. The minimum atomic E-state index is -0.642. The van der Waals surface area contributed by atoms with Gasteiger partial charge in [-0.3, -0.25) is 19.4 Å². The number of carbonyl (C=O) groups is 3. The summed E-state index contributed by atoms with van der Waals surface area (Å²) >= 11 is 0. The number of benzene rings is 2. The predicted octanol–water partition coefficient (Wildman–Crippen LogP) is 5.23. The van der Waals surface area contributed by atoms with Gasteiger partial charge in [-0.2, -0.15) is 0 Å². The normalized spacial score (nSPS) is 18.9. The van der Waals surface area contributed by atoms with Crippen molar-refractivity contribution >= 4 is 28.6 Å². The third kappa shape index (κ3) is 4.95. The topological polar surface area (TPSA) is 89.6 Å². The number of likely N-dealkylation sites (tertiary alicyclic amines) is 2. The second kappa shape index (κ2) is 10.7. The Morgan fingerprint density at radius 2 is 1.62 bits per heavy atom. The Hall–Kier alpha value is -4.46. The van der Waals surface area contributed by atoms with Crippen LogP contribution in [0, 0.1) is 5.41 Å². The number of likely N-dealkylation sites (N-methyl/N-ethyl adjacent to an activating group) is 1. The quantitative estimate of drug-likeness (QED) is 0.348. The Morgan fingerprint density at radius 3 is 2.24 bits per heavy atom. The van der Waals surface area contributed by atoms with E-state index >= 15 is 0 Å². The van der Waals surface area contributed by atoms with Crippen molar-refractivity contribution in [1.29, 1.82) is 0 Å². The molecular formula is C34H37N5O3. The van der Waals surface area contributed by atoms with Crippen LogP contribution in [0.1, 0.15) is 55.1 Å². The smallest absolute Gasteiger partial charge is 0.272 e. The highest BCUT2D eigenvalue weighted by atomic mass is 16.2. The maximum absolute atomic E-state index is 14.2. The van der Waals surface area contributed by atoms with Gasteiger partial charge in [0.05, 0.1) is 12.1 Å². The van der Waals surface area contributed by atoms with Crippen molar-refractivity contribution in [3.63, 3.8) is 0 Å². The van der Waals surface area contributed by atoms with Gasteiger partial charge in [-0.25, -0.2) is 0 Å². The predicted molar refractivity (Wildman–Crippen MR) is 163 cm³/mol. The number of hydrogen-bond acceptors (Lipinski definition) is 4. The van der Waals surface area contributed by atoms with Crippen LogP contribution in [0.3, 0.4) is 0 Å². The van der Waals surface area contributed by atoms with E-state index in [-0.39, 0.29) is 29.8 Å². The largest absolute Gasteiger partial charge is 0.351 e. The SMILES string of the molecule is CCN(C(=O)c1cc2ccccc2[nH]1)[C@H](C(=O)N1C[C@@H]2C[C@H]1CN2C(=O)c1ccc(-c2ccccc2)cn1)C(C)(C)C. The lowest BCUT2D eigenvalue weighted by Crippen LogP contribution is -2.60. The molecule has 3 amide bonds. The average Bonchev–Trinajstić information content (AvgIpc) is 3.73. The molecule has 2 fully saturated rings. The number of rotatable bonds is 6. The number of piperazine rings is 1. The monoisotopic (exact) mass is 563 g/mol. The van der Waals surface area contributed by atoms with Crippen molar-refractivity contribution in [2.75, 3.05) is 19.6 Å². The molecule has 2 aliphatic heterocycles. The number of amides is 3. The Labute approximate surface area is 246 Å². The molecular weight excluding hydrogens is 526 g/mol. The van der Waals surface area contributed by atoms with Crippen LogP contribution in [0.5, 0.6) is 0 Å². The van der Waals surface area contributed by atoms with Crippen molar-refractivity contribution in [3.8, 4) is 11.1 Å². The van der Waals surface area contributed by atoms with E-state index in [0.717, 1.165) is 28.5 Å². The van der Waals surface area contributed by atoms with Gasteiger partial charge in [-0.1, -0.05) is 75.4 Å². The summed E-state index contributed by atoms with van der Waals surface area (Å²) in [4.78, 5) is 54.6.